The number of hydrogen-bond donors (Lipinski definition) is 1. The van der Waals surface area contributed by atoms with Crippen LogP contribution in [0.3, 0.4) is 0 Å². The normalized spacial score (nSPS) is 39.8. The molecule has 1 N–H and O–H groups in total. The van der Waals surface area contributed by atoms with Crippen LogP contribution in [0.15, 0.2) is 36.0 Å². The van der Waals surface area contributed by atoms with E-state index in [9.17, 15) is 9.90 Å². The molecule has 0 spiro atoms. The lowest BCUT2D eigenvalue weighted by Crippen LogP contribution is -2.49. The lowest BCUT2D eigenvalue weighted by atomic mass is 9.79. The van der Waals surface area contributed by atoms with Crippen LogP contribution in [-0.4, -0.2) is 35.5 Å². The van der Waals surface area contributed by atoms with Gasteiger partial charge >= 0.3 is 5.97 Å². The van der Waals surface area contributed by atoms with Gasteiger partial charge in [0.05, 0.1) is 11.8 Å². The van der Waals surface area contributed by atoms with Gasteiger partial charge < -0.3 is 14.6 Å². The average molecular weight is 332 g/mol. The van der Waals surface area contributed by atoms with Gasteiger partial charge in [0.1, 0.15) is 17.8 Å². The van der Waals surface area contributed by atoms with Gasteiger partial charge in [-0.3, -0.25) is 0 Å². The summed E-state index contributed by atoms with van der Waals surface area (Å²) >= 11 is 0. The number of fused-ring (bicyclic) bond motifs is 3. The summed E-state index contributed by atoms with van der Waals surface area (Å²) in [5, 5.41) is 11.7. The van der Waals surface area contributed by atoms with Crippen molar-refractivity contribution >= 4 is 5.97 Å². The predicted octanol–water partition coefficient (Wildman–Crippen LogP) is 3.17. The van der Waals surface area contributed by atoms with Crippen LogP contribution in [0.25, 0.3) is 0 Å². The molecule has 1 aliphatic heterocycles. The van der Waals surface area contributed by atoms with Gasteiger partial charge in [0.2, 0.25) is 0 Å². The molecule has 2 unspecified atom stereocenters. The smallest absolute Gasteiger partial charge is 0.334 e. The predicted molar refractivity (Wildman–Crippen MR) is 92.3 cm³/mol. The molecular weight excluding hydrogens is 304 g/mol. The minimum absolute atomic E-state index is 0.310. The van der Waals surface area contributed by atoms with Crippen LogP contribution in [0.5, 0.6) is 0 Å². The van der Waals surface area contributed by atoms with E-state index >= 15 is 0 Å². The van der Waals surface area contributed by atoms with Gasteiger partial charge in [-0.05, 0) is 31.3 Å². The quantitative estimate of drug-likeness (QED) is 0.488. The van der Waals surface area contributed by atoms with Crippen molar-refractivity contribution in [1.29, 1.82) is 0 Å². The number of ether oxygens (including phenoxy) is 2. The SMILES string of the molecule is C=C1CCC=C(C)[C@]2(O)C1[C@@H]1OC(=O)C(=C)[C@@H]1[C@H]2OCC(C)CC. The molecule has 0 aromatic carbocycles. The number of carbonyl (C=O) groups excluding carboxylic acids is 1. The zero-order chi connectivity index (χ0) is 17.6. The molecule has 0 amide bonds. The number of allylic oxidation sites excluding steroid dienone is 1. The summed E-state index contributed by atoms with van der Waals surface area (Å²) in [6.07, 6.45) is 3.75. The van der Waals surface area contributed by atoms with E-state index in [0.717, 1.165) is 30.4 Å². The van der Waals surface area contributed by atoms with E-state index in [0.29, 0.717) is 18.1 Å². The number of carbonyl (C=O) groups is 1. The Balaban J connectivity index is 2.03. The maximum atomic E-state index is 12.1. The van der Waals surface area contributed by atoms with Gasteiger partial charge in [0.25, 0.3) is 0 Å². The van der Waals surface area contributed by atoms with Crippen molar-refractivity contribution in [3.05, 3.63) is 36.0 Å². The fourth-order valence-electron chi connectivity index (χ4n) is 4.36. The largest absolute Gasteiger partial charge is 0.457 e. The van der Waals surface area contributed by atoms with Gasteiger partial charge in [0, 0.05) is 12.2 Å². The molecule has 4 heteroatoms. The summed E-state index contributed by atoms with van der Waals surface area (Å²) in [4.78, 5) is 12.1. The molecule has 1 saturated carbocycles. The van der Waals surface area contributed by atoms with Gasteiger partial charge in [-0.15, -0.1) is 0 Å². The third-order valence-corrected chi connectivity index (χ3v) is 6.07. The molecule has 2 aliphatic carbocycles. The second-order valence-corrected chi connectivity index (χ2v) is 7.58. The monoisotopic (exact) mass is 332 g/mol. The first kappa shape index (κ1) is 17.4. The molecule has 4 nitrogen and oxygen atoms in total. The maximum Gasteiger partial charge on any atom is 0.334 e. The van der Waals surface area contributed by atoms with E-state index in [-0.39, 0.29) is 17.8 Å². The molecule has 0 radical (unpaired) electrons. The zero-order valence-electron chi connectivity index (χ0n) is 14.9. The first-order valence-electron chi connectivity index (χ1n) is 8.91. The topological polar surface area (TPSA) is 55.8 Å². The highest BCUT2D eigenvalue weighted by Gasteiger charge is 2.67. The summed E-state index contributed by atoms with van der Waals surface area (Å²) < 4.78 is 11.8. The summed E-state index contributed by atoms with van der Waals surface area (Å²) in [5.74, 6) is -0.625. The van der Waals surface area contributed by atoms with Crippen molar-refractivity contribution in [2.75, 3.05) is 6.61 Å². The van der Waals surface area contributed by atoms with Crippen molar-refractivity contribution in [2.45, 2.75) is 57.8 Å². The molecule has 3 rings (SSSR count). The standard InChI is InChI=1S/C20H28O4/c1-6-11(2)10-23-18-15-14(5)19(21)24-17(15)16-12(3)8-7-9-13(4)20(16,18)22/h9,11,15-18,22H,3,5-8,10H2,1-2,4H3/t11?,15-,16?,17+,18+,20-/m0/s1. The molecule has 1 saturated heterocycles. The third-order valence-electron chi connectivity index (χ3n) is 6.07. The Morgan fingerprint density at radius 2 is 2.21 bits per heavy atom. The lowest BCUT2D eigenvalue weighted by Gasteiger charge is -2.37. The number of aliphatic hydroxyl groups is 1. The third kappa shape index (κ3) is 2.39. The van der Waals surface area contributed by atoms with Gasteiger partial charge in [-0.2, -0.15) is 0 Å². The van der Waals surface area contributed by atoms with Crippen molar-refractivity contribution in [3.8, 4) is 0 Å². The van der Waals surface area contributed by atoms with Crippen LogP contribution >= 0.6 is 0 Å². The van der Waals surface area contributed by atoms with Crippen LogP contribution < -0.4 is 0 Å². The van der Waals surface area contributed by atoms with Crippen molar-refractivity contribution in [3.63, 3.8) is 0 Å². The number of esters is 1. The zero-order valence-corrected chi connectivity index (χ0v) is 14.9. The Bertz CT molecular complexity index is 605. The number of hydrogen-bond acceptors (Lipinski definition) is 4. The van der Waals surface area contributed by atoms with Crippen molar-refractivity contribution in [2.24, 2.45) is 17.8 Å². The van der Waals surface area contributed by atoms with E-state index < -0.39 is 17.8 Å². The van der Waals surface area contributed by atoms with E-state index in [1.54, 1.807) is 0 Å². The van der Waals surface area contributed by atoms with E-state index in [4.69, 9.17) is 9.47 Å². The molecule has 0 bridgehead atoms. The van der Waals surface area contributed by atoms with Crippen LogP contribution in [0, 0.1) is 17.8 Å². The molecule has 0 aromatic heterocycles. The molecular formula is C20H28O4. The Morgan fingerprint density at radius 3 is 2.88 bits per heavy atom. The molecule has 1 heterocycles. The summed E-state index contributed by atoms with van der Waals surface area (Å²) in [6, 6.07) is 0. The molecule has 6 atom stereocenters. The number of rotatable bonds is 4. The second kappa shape index (κ2) is 6.16. The summed E-state index contributed by atoms with van der Waals surface area (Å²) in [5.41, 5.74) is 1.05. The van der Waals surface area contributed by atoms with E-state index in [1.807, 2.05) is 6.92 Å². The molecule has 3 aliphatic rings. The van der Waals surface area contributed by atoms with E-state index in [2.05, 4.69) is 33.1 Å². The van der Waals surface area contributed by atoms with E-state index in [1.165, 1.54) is 0 Å². The molecule has 24 heavy (non-hydrogen) atoms. The highest BCUT2D eigenvalue weighted by atomic mass is 16.6. The van der Waals surface area contributed by atoms with Gasteiger partial charge in [0.15, 0.2) is 0 Å². The van der Waals surface area contributed by atoms with Crippen molar-refractivity contribution < 1.29 is 19.4 Å². The average Bonchev–Trinajstić information content (AvgIpc) is 2.91. The summed E-state index contributed by atoms with van der Waals surface area (Å²) in [6.45, 7) is 14.8. The van der Waals surface area contributed by atoms with Crippen LogP contribution in [0.4, 0.5) is 0 Å². The highest BCUT2D eigenvalue weighted by Crippen LogP contribution is 2.56. The first-order chi connectivity index (χ1) is 11.3. The molecule has 0 aromatic rings. The Morgan fingerprint density at radius 1 is 1.50 bits per heavy atom. The second-order valence-electron chi connectivity index (χ2n) is 7.58. The minimum atomic E-state index is -1.18. The first-order valence-corrected chi connectivity index (χ1v) is 8.91. The molecule has 2 fully saturated rings. The van der Waals surface area contributed by atoms with Crippen molar-refractivity contribution in [1.82, 2.24) is 0 Å². The van der Waals surface area contributed by atoms with Gasteiger partial charge in [-0.1, -0.05) is 45.1 Å². The Labute approximate surface area is 144 Å². The van der Waals surface area contributed by atoms with Crippen LogP contribution in [-0.2, 0) is 14.3 Å². The lowest BCUT2D eigenvalue weighted by molar-refractivity contribution is -0.142. The minimum Gasteiger partial charge on any atom is -0.457 e. The van der Waals surface area contributed by atoms with Gasteiger partial charge in [-0.25, -0.2) is 4.79 Å². The summed E-state index contributed by atoms with van der Waals surface area (Å²) in [7, 11) is 0. The highest BCUT2D eigenvalue weighted by molar-refractivity contribution is 5.91. The molecule has 132 valence electrons. The Kier molecular flexibility index (Phi) is 4.47. The van der Waals surface area contributed by atoms with Crippen LogP contribution in [0.1, 0.15) is 40.0 Å². The maximum absolute atomic E-state index is 12.1. The fourth-order valence-corrected chi connectivity index (χ4v) is 4.36. The fraction of sp³-hybridized carbons (Fsp3) is 0.650. The van der Waals surface area contributed by atoms with Crippen LogP contribution in [0.2, 0.25) is 0 Å². The Hall–Kier alpha value is -1.39.